The van der Waals surface area contributed by atoms with Crippen LogP contribution in [0, 0.1) is 13.8 Å². The summed E-state index contributed by atoms with van der Waals surface area (Å²) in [5, 5.41) is 4.09. The standard InChI is InChI=1S/C12H14N2OS.C7H8O3S/c1-4-14-9(3)16-12-7-10(13-8(2)15)5-6-11(12)14;1-6-2-4-7(5-3-6)11(8,9)10/h5-7H,4H2,1-3H3;2-5H,1H3,(H,8,9,10). The minimum atomic E-state index is -4.27. The summed E-state index contributed by atoms with van der Waals surface area (Å²) in [6.45, 7) is 8.58. The van der Waals surface area contributed by atoms with E-state index in [1.165, 1.54) is 34.3 Å². The normalized spacial score (nSPS) is 11.0. The van der Waals surface area contributed by atoms with Gasteiger partial charge in [-0.05, 0) is 38.1 Å². The van der Waals surface area contributed by atoms with E-state index in [1.807, 2.05) is 19.1 Å². The first-order valence-corrected chi connectivity index (χ1v) is 10.6. The molecule has 1 aromatic heterocycles. The quantitative estimate of drug-likeness (QED) is 0.533. The summed E-state index contributed by atoms with van der Waals surface area (Å²) in [4.78, 5) is 10.8. The van der Waals surface area contributed by atoms with Gasteiger partial charge < -0.3 is 9.87 Å². The van der Waals surface area contributed by atoms with Crippen molar-refractivity contribution in [3.8, 4) is 0 Å². The predicted molar refractivity (Wildman–Crippen MR) is 106 cm³/mol. The van der Waals surface area contributed by atoms with Gasteiger partial charge in [-0.25, -0.2) is 8.42 Å². The van der Waals surface area contributed by atoms with E-state index in [0.29, 0.717) is 0 Å². The molecule has 3 rings (SSSR count). The summed E-state index contributed by atoms with van der Waals surface area (Å²) in [5.74, 6) is -0.0315. The number of hydrogen-bond donors (Lipinski definition) is 1. The fourth-order valence-electron chi connectivity index (χ4n) is 2.58. The summed E-state index contributed by atoms with van der Waals surface area (Å²) < 4.78 is 34.7. The fourth-order valence-corrected chi connectivity index (χ4v) is 4.18. The number of rotatable bonds is 3. The molecule has 0 spiro atoms. The Hall–Kier alpha value is -2.29. The molecule has 144 valence electrons. The van der Waals surface area contributed by atoms with E-state index in [-0.39, 0.29) is 10.8 Å². The van der Waals surface area contributed by atoms with E-state index in [4.69, 9.17) is 0 Å². The Labute approximate surface area is 163 Å². The van der Waals surface area contributed by atoms with Gasteiger partial charge in [-0.15, -0.1) is 0 Å². The molecule has 27 heavy (non-hydrogen) atoms. The highest BCUT2D eigenvalue weighted by atomic mass is 32.2. The van der Waals surface area contributed by atoms with Crippen LogP contribution in [-0.2, 0) is 21.5 Å². The maximum absolute atomic E-state index is 11.0. The Morgan fingerprint density at radius 1 is 1.15 bits per heavy atom. The minimum absolute atomic E-state index is 0.0315. The second-order valence-corrected chi connectivity index (χ2v) is 8.61. The fraction of sp³-hybridized carbons (Fsp3) is 0.263. The highest BCUT2D eigenvalue weighted by molar-refractivity contribution is 7.85. The highest BCUT2D eigenvalue weighted by Gasteiger charge is 2.15. The molecule has 1 N–H and O–H groups in total. The second kappa shape index (κ2) is 8.60. The Morgan fingerprint density at radius 2 is 1.78 bits per heavy atom. The molecule has 0 radical (unpaired) electrons. The number of benzene rings is 2. The molecule has 0 saturated carbocycles. The zero-order chi connectivity index (χ0) is 20.2. The van der Waals surface area contributed by atoms with Crippen molar-refractivity contribution in [3.05, 3.63) is 53.0 Å². The molecular formula is C19H22N2O4S2. The topological polar surface area (TPSA) is 90.2 Å². The molecule has 2 aromatic carbocycles. The number of aromatic nitrogens is 1. The number of carbonyl (C=O) groups excluding carboxylic acids is 1. The molecule has 6 nitrogen and oxygen atoms in total. The van der Waals surface area contributed by atoms with Crippen molar-refractivity contribution in [3.63, 3.8) is 0 Å². The third-order valence-corrected chi connectivity index (χ3v) is 5.75. The van der Waals surface area contributed by atoms with Crippen LogP contribution in [0.5, 0.6) is 0 Å². The van der Waals surface area contributed by atoms with Gasteiger partial charge in [-0.2, -0.15) is 4.57 Å². The van der Waals surface area contributed by atoms with Crippen LogP contribution in [0.2, 0.25) is 0 Å². The molecular weight excluding hydrogens is 384 g/mol. The van der Waals surface area contributed by atoms with Crippen LogP contribution in [-0.4, -0.2) is 18.9 Å². The summed E-state index contributed by atoms with van der Waals surface area (Å²) >= 11 is 1.76. The van der Waals surface area contributed by atoms with Crippen molar-refractivity contribution in [1.29, 1.82) is 0 Å². The van der Waals surface area contributed by atoms with Crippen molar-refractivity contribution >= 4 is 43.3 Å². The molecule has 0 atom stereocenters. The third-order valence-electron chi connectivity index (χ3n) is 3.83. The first kappa shape index (κ1) is 21.0. The van der Waals surface area contributed by atoms with Gasteiger partial charge in [0.1, 0.15) is 21.4 Å². The van der Waals surface area contributed by atoms with Gasteiger partial charge >= 0.3 is 0 Å². The van der Waals surface area contributed by atoms with E-state index < -0.39 is 10.1 Å². The average Bonchev–Trinajstić information content (AvgIpc) is 2.88. The average molecular weight is 407 g/mol. The largest absolute Gasteiger partial charge is 0.744 e. The molecule has 1 heterocycles. The van der Waals surface area contributed by atoms with E-state index in [2.05, 4.69) is 29.8 Å². The number of anilines is 1. The van der Waals surface area contributed by atoms with Crippen LogP contribution in [0.3, 0.4) is 0 Å². The lowest BCUT2D eigenvalue weighted by Crippen LogP contribution is -2.33. The van der Waals surface area contributed by atoms with E-state index in [0.717, 1.165) is 17.8 Å². The Balaban J connectivity index is 0.000000208. The van der Waals surface area contributed by atoms with Gasteiger partial charge in [0.05, 0.1) is 4.90 Å². The molecule has 0 aliphatic carbocycles. The van der Waals surface area contributed by atoms with Crippen molar-refractivity contribution < 1.29 is 22.3 Å². The molecule has 0 aliphatic rings. The van der Waals surface area contributed by atoms with Crippen molar-refractivity contribution in [1.82, 2.24) is 0 Å². The number of amides is 1. The molecule has 3 aromatic rings. The summed E-state index contributed by atoms with van der Waals surface area (Å²) in [7, 11) is -4.27. The van der Waals surface area contributed by atoms with E-state index in [1.54, 1.807) is 23.5 Å². The number of hydrogen-bond acceptors (Lipinski definition) is 5. The predicted octanol–water partition coefficient (Wildman–Crippen LogP) is 3.37. The molecule has 0 fully saturated rings. The molecule has 0 aliphatic heterocycles. The van der Waals surface area contributed by atoms with Crippen LogP contribution in [0.15, 0.2) is 47.4 Å². The summed E-state index contributed by atoms with van der Waals surface area (Å²) in [6.07, 6.45) is 0. The van der Waals surface area contributed by atoms with Gasteiger partial charge in [-0.3, -0.25) is 4.79 Å². The van der Waals surface area contributed by atoms with E-state index >= 15 is 0 Å². The molecule has 0 bridgehead atoms. The van der Waals surface area contributed by atoms with Crippen LogP contribution in [0.4, 0.5) is 5.69 Å². The van der Waals surface area contributed by atoms with Gasteiger partial charge in [0.2, 0.25) is 16.4 Å². The number of carbonyl (C=O) groups is 1. The highest BCUT2D eigenvalue weighted by Crippen LogP contribution is 2.23. The maximum Gasteiger partial charge on any atom is 0.235 e. The lowest BCUT2D eigenvalue weighted by Gasteiger charge is -2.05. The van der Waals surface area contributed by atoms with Gasteiger partial charge in [-0.1, -0.05) is 29.0 Å². The monoisotopic (exact) mass is 406 g/mol. The SMILES string of the molecule is CC[n+]1c(C)sc2cc(NC(C)=O)ccc21.Cc1ccc(S(=O)(=O)[O-])cc1. The minimum Gasteiger partial charge on any atom is -0.744 e. The zero-order valence-corrected chi connectivity index (χ0v) is 17.3. The Kier molecular flexibility index (Phi) is 6.69. The number of nitrogens with one attached hydrogen (secondary N) is 1. The number of aryl methyl sites for hydroxylation is 3. The lowest BCUT2D eigenvalue weighted by molar-refractivity contribution is -0.669. The zero-order valence-electron chi connectivity index (χ0n) is 15.6. The molecule has 8 heteroatoms. The lowest BCUT2D eigenvalue weighted by atomic mass is 10.2. The summed E-state index contributed by atoms with van der Waals surface area (Å²) in [5.41, 5.74) is 3.03. The first-order chi connectivity index (χ1) is 12.6. The van der Waals surface area contributed by atoms with Crippen LogP contribution in [0.1, 0.15) is 24.4 Å². The van der Waals surface area contributed by atoms with Crippen molar-refractivity contribution in [2.45, 2.75) is 39.1 Å². The third kappa shape index (κ3) is 5.59. The van der Waals surface area contributed by atoms with Crippen LogP contribution in [0.25, 0.3) is 10.2 Å². The number of nitrogens with zero attached hydrogens (tertiary/aromatic N) is 1. The van der Waals surface area contributed by atoms with Crippen LogP contribution >= 0.6 is 11.3 Å². The Morgan fingerprint density at radius 3 is 2.30 bits per heavy atom. The summed E-state index contributed by atoms with van der Waals surface area (Å²) in [6, 6.07) is 11.8. The molecule has 0 unspecified atom stereocenters. The smallest absolute Gasteiger partial charge is 0.235 e. The Bertz CT molecular complexity index is 1060. The maximum atomic E-state index is 11.0. The van der Waals surface area contributed by atoms with E-state index in [9.17, 15) is 17.8 Å². The number of thiazole rings is 1. The van der Waals surface area contributed by atoms with Gasteiger partial charge in [0.25, 0.3) is 0 Å². The van der Waals surface area contributed by atoms with Gasteiger partial charge in [0, 0.05) is 25.6 Å². The molecule has 1 amide bonds. The molecule has 0 saturated heterocycles. The number of fused-ring (bicyclic) bond motifs is 1. The van der Waals surface area contributed by atoms with Crippen LogP contribution < -0.4 is 9.88 Å². The van der Waals surface area contributed by atoms with Crippen molar-refractivity contribution in [2.75, 3.05) is 5.32 Å². The van der Waals surface area contributed by atoms with Crippen molar-refractivity contribution in [2.24, 2.45) is 0 Å². The van der Waals surface area contributed by atoms with Gasteiger partial charge in [0.15, 0.2) is 0 Å². The second-order valence-electron chi connectivity index (χ2n) is 6.00. The first-order valence-electron chi connectivity index (χ1n) is 8.35.